The average Bonchev–Trinajstić information content (AvgIpc) is 3.70. The summed E-state index contributed by atoms with van der Waals surface area (Å²) >= 11 is 0. The van der Waals surface area contributed by atoms with Gasteiger partial charge in [0.25, 0.3) is 0 Å². The largest absolute Gasteiger partial charge is 0.496 e. The molecule has 336 valence electrons. The van der Waals surface area contributed by atoms with Crippen LogP contribution in [0, 0.1) is 23.7 Å². The number of carbonyl (C=O) groups excluding carboxylic acids is 4. The number of esters is 1. The van der Waals surface area contributed by atoms with Gasteiger partial charge >= 0.3 is 12.1 Å². The number of aliphatic hydroxyl groups excluding tert-OH is 1. The second-order valence-corrected chi connectivity index (χ2v) is 17.1. The minimum atomic E-state index is -2.07. The first kappa shape index (κ1) is 48.7. The number of nitrogens with one attached hydrogen (secondary N) is 1. The number of nitrogens with zero attached hydrogens (tertiary/aromatic N) is 4. The Morgan fingerprint density at radius 1 is 1.03 bits per heavy atom. The van der Waals surface area contributed by atoms with Crippen molar-refractivity contribution >= 4 is 23.6 Å². The molecule has 0 saturated carbocycles. The maximum atomic E-state index is 14.4. The number of amides is 1. The smallest absolute Gasteiger partial charge is 0.407 e. The number of hydrogen-bond acceptors (Lipinski definition) is 15. The van der Waals surface area contributed by atoms with Crippen LogP contribution in [-0.4, -0.2) is 143 Å². The topological polar surface area (TPSA) is 210 Å². The standard InChI is InChI=1S/C43H67N5O12/c1-13-33-43(8,54)38(60-41(53)44-19-16-20-48-23-30(45-46-48)29-17-14-15-18-32(29)55-11)26(4)34(49)24(2)22-42(7,56-12)37(27(5)35(50)28(6)39(52)58-33)59-40-36(51)31(47(9)10)21-25(3)57-40/h14-15,17-18,23-28,31,33,36-38,40,51,54H,13,16,19-22H2,1-12H3,(H,44,53)/t24-,25+,26+,27+,28-,31-,33-,36+,37-,38-,40-,42-,43-/m1/s1. The molecule has 2 fully saturated rings. The summed E-state index contributed by atoms with van der Waals surface area (Å²) in [6.07, 6.45) is -4.49. The Morgan fingerprint density at radius 3 is 2.33 bits per heavy atom. The number of alkyl carbamates (subject to hydrolysis) is 1. The van der Waals surface area contributed by atoms with Crippen molar-refractivity contribution in [2.75, 3.05) is 34.9 Å². The summed E-state index contributed by atoms with van der Waals surface area (Å²) in [7, 11) is 6.71. The van der Waals surface area contributed by atoms with Crippen molar-refractivity contribution in [3.8, 4) is 17.0 Å². The summed E-state index contributed by atoms with van der Waals surface area (Å²) in [5, 5.41) is 34.7. The lowest BCUT2D eigenvalue weighted by Crippen LogP contribution is -2.60. The predicted molar refractivity (Wildman–Crippen MR) is 220 cm³/mol. The fourth-order valence-corrected chi connectivity index (χ4v) is 8.62. The molecule has 0 unspecified atom stereocenters. The Hall–Kier alpha value is -4.00. The lowest BCUT2D eigenvalue weighted by Gasteiger charge is -2.47. The number of para-hydroxylation sites is 1. The monoisotopic (exact) mass is 845 g/mol. The van der Waals surface area contributed by atoms with Crippen molar-refractivity contribution in [2.24, 2.45) is 23.7 Å². The van der Waals surface area contributed by atoms with Crippen molar-refractivity contribution in [1.29, 1.82) is 0 Å². The molecule has 1 amide bonds. The molecule has 2 aliphatic heterocycles. The van der Waals surface area contributed by atoms with E-state index in [-0.39, 0.29) is 37.3 Å². The number of ketones is 2. The lowest BCUT2D eigenvalue weighted by molar-refractivity contribution is -0.295. The molecule has 3 N–H and O–H groups in total. The van der Waals surface area contributed by atoms with Crippen LogP contribution in [0.15, 0.2) is 30.5 Å². The van der Waals surface area contributed by atoms with Crippen LogP contribution in [0.1, 0.15) is 81.1 Å². The fourth-order valence-electron chi connectivity index (χ4n) is 8.62. The van der Waals surface area contributed by atoms with Crippen molar-refractivity contribution < 1.29 is 57.8 Å². The number of aryl methyl sites for hydroxylation is 1. The van der Waals surface area contributed by atoms with Crippen LogP contribution in [0.3, 0.4) is 0 Å². The first-order valence-corrected chi connectivity index (χ1v) is 20.9. The molecule has 2 aliphatic rings. The highest BCUT2D eigenvalue weighted by Crippen LogP contribution is 2.39. The van der Waals surface area contributed by atoms with Gasteiger partial charge in [-0.25, -0.2) is 4.79 Å². The maximum Gasteiger partial charge on any atom is 0.407 e. The zero-order chi connectivity index (χ0) is 44.7. The van der Waals surface area contributed by atoms with E-state index in [1.807, 2.05) is 50.2 Å². The van der Waals surface area contributed by atoms with Gasteiger partial charge in [-0.15, -0.1) is 5.10 Å². The number of aromatic nitrogens is 3. The molecular weight excluding hydrogens is 778 g/mol. The molecule has 60 heavy (non-hydrogen) atoms. The minimum Gasteiger partial charge on any atom is -0.496 e. The summed E-state index contributed by atoms with van der Waals surface area (Å²) in [6.45, 7) is 13.4. The Bertz CT molecular complexity index is 1770. The van der Waals surface area contributed by atoms with Gasteiger partial charge in [0.15, 0.2) is 12.1 Å². The molecule has 2 saturated heterocycles. The number of cyclic esters (lactones) is 1. The van der Waals surface area contributed by atoms with Gasteiger partial charge in [0, 0.05) is 43.6 Å². The van der Waals surface area contributed by atoms with Crippen LogP contribution in [-0.2, 0) is 44.6 Å². The quantitative estimate of drug-likeness (QED) is 0.158. The van der Waals surface area contributed by atoms with Crippen LogP contribution in [0.25, 0.3) is 11.3 Å². The zero-order valence-corrected chi connectivity index (χ0v) is 37.2. The third kappa shape index (κ3) is 11.1. The third-order valence-electron chi connectivity index (χ3n) is 12.3. The van der Waals surface area contributed by atoms with Crippen LogP contribution >= 0.6 is 0 Å². The van der Waals surface area contributed by atoms with Gasteiger partial charge in [0.2, 0.25) is 0 Å². The van der Waals surface area contributed by atoms with Crippen LogP contribution in [0.2, 0.25) is 0 Å². The molecule has 0 aliphatic carbocycles. The number of carbonyl (C=O) groups is 4. The highest BCUT2D eigenvalue weighted by Gasteiger charge is 2.53. The summed E-state index contributed by atoms with van der Waals surface area (Å²) in [5.74, 6) is -5.40. The van der Waals surface area contributed by atoms with Gasteiger partial charge in [-0.3, -0.25) is 19.1 Å². The molecule has 0 radical (unpaired) electrons. The molecular formula is C43H67N5O12. The molecule has 1 aromatic carbocycles. The van der Waals surface area contributed by atoms with E-state index in [0.717, 1.165) is 5.56 Å². The second kappa shape index (κ2) is 20.7. The number of likely N-dealkylation sites (N-methyl/N-ethyl adjacent to an activating group) is 1. The van der Waals surface area contributed by atoms with Crippen LogP contribution in [0.5, 0.6) is 5.75 Å². The number of benzene rings is 1. The Labute approximate surface area is 353 Å². The average molecular weight is 846 g/mol. The molecule has 13 atom stereocenters. The first-order chi connectivity index (χ1) is 28.2. The number of hydrogen-bond donors (Lipinski definition) is 3. The number of aliphatic hydroxyl groups is 2. The summed E-state index contributed by atoms with van der Waals surface area (Å²) in [4.78, 5) is 57.7. The molecule has 17 heteroatoms. The lowest BCUT2D eigenvalue weighted by atomic mass is 9.74. The van der Waals surface area contributed by atoms with E-state index in [4.69, 9.17) is 28.4 Å². The highest BCUT2D eigenvalue weighted by molar-refractivity contribution is 6.00. The number of rotatable bonds is 12. The van der Waals surface area contributed by atoms with Crippen molar-refractivity contribution in [2.45, 2.75) is 142 Å². The van der Waals surface area contributed by atoms with E-state index in [0.29, 0.717) is 30.8 Å². The molecule has 0 spiro atoms. The molecule has 4 rings (SSSR count). The molecule has 2 aromatic rings. The number of ether oxygens (including phenoxy) is 6. The SMILES string of the molecule is CC[C@H]1OC(=O)[C@H](C)C(=O)[C@H](C)[C@@H](O[C@H]2O[C@@H](C)C[C@@H](N(C)C)[C@@H]2O)[C@](C)(OC)C[C@@H](C)C(=O)[C@H](C)[C@@H](OC(=O)NCCCn2cc(-c3ccccc3OC)nn2)[C@]1(C)O. The summed E-state index contributed by atoms with van der Waals surface area (Å²) in [6, 6.07) is 7.14. The minimum absolute atomic E-state index is 0.0165. The van der Waals surface area contributed by atoms with Crippen LogP contribution < -0.4 is 10.1 Å². The van der Waals surface area contributed by atoms with E-state index in [1.165, 1.54) is 21.0 Å². The fraction of sp³-hybridized carbons (Fsp3) is 0.721. The first-order valence-electron chi connectivity index (χ1n) is 20.9. The zero-order valence-electron chi connectivity index (χ0n) is 37.2. The Balaban J connectivity index is 1.58. The summed E-state index contributed by atoms with van der Waals surface area (Å²) < 4.78 is 37.6. The van der Waals surface area contributed by atoms with Gasteiger partial charge < -0.3 is 48.9 Å². The van der Waals surface area contributed by atoms with Crippen LogP contribution in [0.4, 0.5) is 4.79 Å². The number of Topliss-reactive ketones (excluding diaryl/α,β-unsaturated/α-hetero) is 2. The molecule has 0 bridgehead atoms. The predicted octanol–water partition coefficient (Wildman–Crippen LogP) is 3.81. The normalized spacial score (nSPS) is 34.8. The van der Waals surface area contributed by atoms with Crippen molar-refractivity contribution in [1.82, 2.24) is 25.2 Å². The van der Waals surface area contributed by atoms with Crippen molar-refractivity contribution in [3.05, 3.63) is 30.5 Å². The van der Waals surface area contributed by atoms with E-state index in [1.54, 1.807) is 52.6 Å². The molecule has 17 nitrogen and oxygen atoms in total. The molecule has 3 heterocycles. The third-order valence-corrected chi connectivity index (χ3v) is 12.3. The summed E-state index contributed by atoms with van der Waals surface area (Å²) in [5.41, 5.74) is -2.01. The van der Waals surface area contributed by atoms with E-state index >= 15 is 0 Å². The van der Waals surface area contributed by atoms with Gasteiger partial charge in [-0.1, -0.05) is 45.0 Å². The van der Waals surface area contributed by atoms with Gasteiger partial charge in [0.05, 0.1) is 37.0 Å². The van der Waals surface area contributed by atoms with Gasteiger partial charge in [0.1, 0.15) is 47.1 Å². The van der Waals surface area contributed by atoms with Gasteiger partial charge in [-0.05, 0) is 79.6 Å². The molecule has 1 aromatic heterocycles. The highest BCUT2D eigenvalue weighted by atomic mass is 16.7. The second-order valence-electron chi connectivity index (χ2n) is 17.1. The van der Waals surface area contributed by atoms with E-state index in [2.05, 4.69) is 15.6 Å². The maximum absolute atomic E-state index is 14.4. The van der Waals surface area contributed by atoms with Gasteiger partial charge in [-0.2, -0.15) is 0 Å². The van der Waals surface area contributed by atoms with Crippen molar-refractivity contribution in [3.63, 3.8) is 0 Å². The van der Waals surface area contributed by atoms with E-state index in [9.17, 15) is 29.4 Å². The van der Waals surface area contributed by atoms with E-state index < -0.39 is 83.4 Å². The Kier molecular flexibility index (Phi) is 16.8. The number of methoxy groups -OCH3 is 2. The Morgan fingerprint density at radius 2 is 1.70 bits per heavy atom.